The molecular weight excluding hydrogens is 436 g/mol. The third-order valence-corrected chi connectivity index (χ3v) is 6.78. The lowest BCUT2D eigenvalue weighted by Crippen LogP contribution is -1.88. The number of benzene rings is 1. The van der Waals surface area contributed by atoms with Crippen LogP contribution >= 0.6 is 0 Å². The van der Waals surface area contributed by atoms with Crippen molar-refractivity contribution in [2.45, 2.75) is 20.8 Å². The third kappa shape index (κ3) is 3.42. The van der Waals surface area contributed by atoms with E-state index in [1.54, 1.807) is 6.07 Å². The van der Waals surface area contributed by atoms with Crippen LogP contribution in [0.1, 0.15) is 39.5 Å². The van der Waals surface area contributed by atoms with Crippen LogP contribution in [0.4, 0.5) is 0 Å². The van der Waals surface area contributed by atoms with Crippen molar-refractivity contribution in [3.05, 3.63) is 81.9 Å². The van der Waals surface area contributed by atoms with Crippen molar-refractivity contribution in [1.29, 1.82) is 0 Å². The van der Waals surface area contributed by atoms with Crippen LogP contribution in [0.15, 0.2) is 42.5 Å². The van der Waals surface area contributed by atoms with Crippen molar-refractivity contribution >= 4 is 46.4 Å². The Bertz CT molecular complexity index is 1650. The largest absolute Gasteiger partial charge is 0.508 e. The Labute approximate surface area is 202 Å². The second-order valence-corrected chi connectivity index (χ2v) is 8.95. The van der Waals surface area contributed by atoms with Crippen LogP contribution in [-0.2, 0) is 0 Å². The van der Waals surface area contributed by atoms with E-state index in [-0.39, 0.29) is 11.5 Å². The van der Waals surface area contributed by atoms with Gasteiger partial charge in [-0.3, -0.25) is 0 Å². The summed E-state index contributed by atoms with van der Waals surface area (Å²) in [7, 11) is 0. The lowest BCUT2D eigenvalue weighted by molar-refractivity contribution is 0.462. The number of nitrogens with one attached hydrogen (secondary N) is 2. The van der Waals surface area contributed by atoms with E-state index in [0.29, 0.717) is 5.56 Å². The van der Waals surface area contributed by atoms with Crippen LogP contribution in [0.5, 0.6) is 11.5 Å². The number of phenols is 2. The highest BCUT2D eigenvalue weighted by atomic mass is 16.3. The fourth-order valence-electron chi connectivity index (χ4n) is 4.65. The molecule has 8 bridgehead atoms. The molecule has 0 unspecified atom stereocenters. The minimum absolute atomic E-state index is 0.0788. The van der Waals surface area contributed by atoms with Crippen LogP contribution in [0.2, 0.25) is 0 Å². The molecule has 1 aromatic carbocycles. The quantitative estimate of drug-likeness (QED) is 0.206. The summed E-state index contributed by atoms with van der Waals surface area (Å²) < 4.78 is 0. The number of aryl methyl sites for hydroxylation is 2. The monoisotopic (exact) mass is 460 g/mol. The molecule has 0 spiro atoms. The zero-order valence-electron chi connectivity index (χ0n) is 19.6. The average Bonchev–Trinajstić information content (AvgIpc) is 3.66. The van der Waals surface area contributed by atoms with Gasteiger partial charge >= 0.3 is 0 Å². The summed E-state index contributed by atoms with van der Waals surface area (Å²) in [5.74, 6) is 0.159. The molecule has 3 aromatic heterocycles. The summed E-state index contributed by atoms with van der Waals surface area (Å²) in [4.78, 5) is 16.8. The Hall–Kier alpha value is -4.58. The van der Waals surface area contributed by atoms with E-state index in [0.717, 1.165) is 67.1 Å². The van der Waals surface area contributed by atoms with Gasteiger partial charge in [-0.25, -0.2) is 9.97 Å². The van der Waals surface area contributed by atoms with Gasteiger partial charge in [0.15, 0.2) is 0 Å². The van der Waals surface area contributed by atoms with E-state index in [9.17, 15) is 10.2 Å². The first-order valence-corrected chi connectivity index (χ1v) is 11.5. The third-order valence-electron chi connectivity index (χ3n) is 6.78. The number of hydrogen-bond acceptors (Lipinski definition) is 4. The number of hydrogen-bond donors (Lipinski definition) is 4. The van der Waals surface area contributed by atoms with Crippen molar-refractivity contribution in [2.24, 2.45) is 0 Å². The molecule has 0 atom stereocenters. The van der Waals surface area contributed by atoms with Gasteiger partial charge in [0.05, 0.1) is 22.8 Å². The summed E-state index contributed by atoms with van der Waals surface area (Å²) in [6, 6.07) is 12.5. The van der Waals surface area contributed by atoms with Crippen molar-refractivity contribution in [3.8, 4) is 22.6 Å². The van der Waals surface area contributed by atoms with E-state index >= 15 is 0 Å². The second kappa shape index (κ2) is 7.74. The molecular formula is C29H24N4O2. The molecule has 0 saturated carbocycles. The number of phenolic OH excluding ortho intramolecular Hbond substituents is 2. The molecule has 2 aliphatic heterocycles. The van der Waals surface area contributed by atoms with Gasteiger partial charge in [-0.2, -0.15) is 0 Å². The Kier molecular flexibility index (Phi) is 4.64. The van der Waals surface area contributed by atoms with Gasteiger partial charge in [0.1, 0.15) is 11.5 Å². The van der Waals surface area contributed by atoms with Gasteiger partial charge in [-0.15, -0.1) is 0 Å². The second-order valence-electron chi connectivity index (χ2n) is 8.95. The zero-order chi connectivity index (χ0) is 24.3. The molecule has 172 valence electrons. The number of rotatable bonds is 1. The van der Waals surface area contributed by atoms with Crippen LogP contribution in [0.25, 0.3) is 57.5 Å². The van der Waals surface area contributed by atoms with E-state index in [1.807, 2.05) is 62.4 Å². The summed E-state index contributed by atoms with van der Waals surface area (Å²) in [6.07, 6.45) is 8.10. The SMILES string of the molecule is Cc1c2nc(c(C)c3ccc([nH]3)c(-c3cc(O)ccc3O)c3ccc([nH]3)c(C)c3nc1C=C3)C=C2. The normalized spacial score (nSPS) is 12.4. The molecule has 0 aliphatic carbocycles. The molecule has 2 aliphatic rings. The molecule has 6 rings (SSSR count). The number of aromatic nitrogens is 4. The lowest BCUT2D eigenvalue weighted by Gasteiger charge is -2.06. The smallest absolute Gasteiger partial charge is 0.123 e. The predicted octanol–water partition coefficient (Wildman–Crippen LogP) is 6.66. The van der Waals surface area contributed by atoms with Gasteiger partial charge < -0.3 is 20.2 Å². The highest BCUT2D eigenvalue weighted by molar-refractivity contribution is 5.96. The lowest BCUT2D eigenvalue weighted by atomic mass is 10.0. The number of fused-ring (bicyclic) bond motifs is 8. The first-order valence-electron chi connectivity index (χ1n) is 11.5. The molecule has 4 N–H and O–H groups in total. The zero-order valence-corrected chi connectivity index (χ0v) is 19.6. The molecule has 0 fully saturated rings. The van der Waals surface area contributed by atoms with E-state index < -0.39 is 0 Å². The summed E-state index contributed by atoms with van der Waals surface area (Å²) >= 11 is 0. The fourth-order valence-corrected chi connectivity index (χ4v) is 4.65. The Morgan fingerprint density at radius 1 is 0.571 bits per heavy atom. The topological polar surface area (TPSA) is 97.8 Å². The van der Waals surface area contributed by atoms with E-state index in [4.69, 9.17) is 9.97 Å². The minimum Gasteiger partial charge on any atom is -0.508 e. The number of H-pyrrole nitrogens is 2. The maximum absolute atomic E-state index is 10.7. The van der Waals surface area contributed by atoms with Crippen LogP contribution in [0.3, 0.4) is 0 Å². The standard InChI is InChI=1S/C29H24N4O2/c1-15-20-5-7-22(30-20)16(2)24-9-11-26(32-24)29(19-14-18(34)4-13-28(19)35)27-12-10-25(33-27)17(3)23-8-6-21(15)31-23/h4-14,32-35H,1-3H3. The van der Waals surface area contributed by atoms with Crippen molar-refractivity contribution in [2.75, 3.05) is 0 Å². The van der Waals surface area contributed by atoms with Crippen molar-refractivity contribution in [3.63, 3.8) is 0 Å². The molecule has 0 saturated heterocycles. The van der Waals surface area contributed by atoms with Crippen LogP contribution in [0, 0.1) is 20.8 Å². The van der Waals surface area contributed by atoms with Crippen LogP contribution in [-0.4, -0.2) is 30.1 Å². The van der Waals surface area contributed by atoms with Crippen LogP contribution < -0.4 is 0 Å². The van der Waals surface area contributed by atoms with Crippen molar-refractivity contribution in [1.82, 2.24) is 19.9 Å². The number of aromatic hydroxyl groups is 2. The maximum atomic E-state index is 10.7. The molecule has 5 heterocycles. The average molecular weight is 461 g/mol. The summed E-state index contributed by atoms with van der Waals surface area (Å²) in [5.41, 5.74) is 11.4. The molecule has 6 nitrogen and oxygen atoms in total. The summed E-state index contributed by atoms with van der Waals surface area (Å²) in [6.45, 7) is 6.12. The van der Waals surface area contributed by atoms with Gasteiger partial charge in [0, 0.05) is 38.8 Å². The van der Waals surface area contributed by atoms with Gasteiger partial charge in [-0.1, -0.05) is 0 Å². The van der Waals surface area contributed by atoms with Gasteiger partial charge in [0.2, 0.25) is 0 Å². The minimum atomic E-state index is 0.0788. The molecule has 0 amide bonds. The first-order chi connectivity index (χ1) is 16.9. The van der Waals surface area contributed by atoms with Crippen molar-refractivity contribution < 1.29 is 10.2 Å². The van der Waals surface area contributed by atoms with E-state index in [1.165, 1.54) is 12.1 Å². The predicted molar refractivity (Wildman–Crippen MR) is 142 cm³/mol. The summed E-state index contributed by atoms with van der Waals surface area (Å²) in [5, 5.41) is 20.9. The van der Waals surface area contributed by atoms with Gasteiger partial charge in [0.25, 0.3) is 0 Å². The number of aromatic amines is 2. The number of nitrogens with zero attached hydrogens (tertiary/aromatic N) is 2. The molecule has 0 radical (unpaired) electrons. The molecule has 4 aromatic rings. The van der Waals surface area contributed by atoms with E-state index in [2.05, 4.69) is 16.9 Å². The maximum Gasteiger partial charge on any atom is 0.123 e. The Balaban J connectivity index is 1.81. The molecule has 6 heteroatoms. The highest BCUT2D eigenvalue weighted by Gasteiger charge is 2.14. The Morgan fingerprint density at radius 2 is 1.03 bits per heavy atom. The fraction of sp³-hybridized carbons (Fsp3) is 0.103. The Morgan fingerprint density at radius 3 is 1.54 bits per heavy atom. The molecule has 35 heavy (non-hydrogen) atoms. The highest BCUT2D eigenvalue weighted by Crippen LogP contribution is 2.37. The first kappa shape index (κ1) is 21.0. The van der Waals surface area contributed by atoms with Gasteiger partial charge in [-0.05, 0) is 98.7 Å².